The lowest BCUT2D eigenvalue weighted by Gasteiger charge is -2.14. The molecule has 0 unspecified atom stereocenters. The summed E-state index contributed by atoms with van der Waals surface area (Å²) in [6, 6.07) is 13.3. The standard InChI is InChI=1S/C19H23N3O4S/c1-14-9-10-16(27(25,26)22(2)3)13-17(14)21-18(23)11-12-20-19(24)15-7-5-4-6-8-15/h4-10,13H,11-12H2,1-3H3,(H,20,24)(H,21,23). The van der Waals surface area contributed by atoms with Crippen LogP contribution in [0, 0.1) is 6.92 Å². The summed E-state index contributed by atoms with van der Waals surface area (Å²) >= 11 is 0. The zero-order valence-corrected chi connectivity index (χ0v) is 16.3. The van der Waals surface area contributed by atoms with Gasteiger partial charge in [0.05, 0.1) is 4.90 Å². The molecule has 0 aliphatic rings. The highest BCUT2D eigenvalue weighted by molar-refractivity contribution is 7.89. The van der Waals surface area contributed by atoms with Crippen molar-refractivity contribution in [2.24, 2.45) is 0 Å². The van der Waals surface area contributed by atoms with Gasteiger partial charge >= 0.3 is 0 Å². The fraction of sp³-hybridized carbons (Fsp3) is 0.263. The summed E-state index contributed by atoms with van der Waals surface area (Å²) in [5.41, 5.74) is 1.70. The van der Waals surface area contributed by atoms with Crippen molar-refractivity contribution in [3.05, 3.63) is 59.7 Å². The van der Waals surface area contributed by atoms with E-state index in [0.29, 0.717) is 11.3 Å². The van der Waals surface area contributed by atoms with E-state index >= 15 is 0 Å². The molecule has 0 spiro atoms. The van der Waals surface area contributed by atoms with E-state index in [1.807, 2.05) is 6.07 Å². The molecule has 2 amide bonds. The predicted molar refractivity (Wildman–Crippen MR) is 104 cm³/mol. The second-order valence-corrected chi connectivity index (χ2v) is 8.34. The Balaban J connectivity index is 1.97. The number of nitrogens with one attached hydrogen (secondary N) is 2. The van der Waals surface area contributed by atoms with Crippen LogP contribution in [0.4, 0.5) is 5.69 Å². The summed E-state index contributed by atoms with van der Waals surface area (Å²) in [7, 11) is -0.691. The molecule has 8 heteroatoms. The van der Waals surface area contributed by atoms with Crippen molar-refractivity contribution >= 4 is 27.5 Å². The number of hydrogen-bond acceptors (Lipinski definition) is 4. The van der Waals surface area contributed by atoms with Crippen LogP contribution < -0.4 is 10.6 Å². The SMILES string of the molecule is Cc1ccc(S(=O)(=O)N(C)C)cc1NC(=O)CCNC(=O)c1ccccc1. The van der Waals surface area contributed by atoms with E-state index in [1.54, 1.807) is 37.3 Å². The van der Waals surface area contributed by atoms with E-state index in [-0.39, 0.29) is 29.7 Å². The molecule has 0 saturated carbocycles. The Morgan fingerprint density at radius 3 is 2.33 bits per heavy atom. The second kappa shape index (κ2) is 8.79. The van der Waals surface area contributed by atoms with Gasteiger partial charge in [-0.1, -0.05) is 24.3 Å². The fourth-order valence-corrected chi connectivity index (χ4v) is 3.23. The molecular formula is C19H23N3O4S. The Morgan fingerprint density at radius 1 is 1.04 bits per heavy atom. The summed E-state index contributed by atoms with van der Waals surface area (Å²) < 4.78 is 25.6. The number of nitrogens with zero attached hydrogens (tertiary/aromatic N) is 1. The Bertz CT molecular complexity index is 925. The summed E-state index contributed by atoms with van der Waals surface area (Å²) in [5, 5.41) is 5.38. The summed E-state index contributed by atoms with van der Waals surface area (Å²) in [5.74, 6) is -0.565. The molecule has 0 atom stereocenters. The average molecular weight is 389 g/mol. The van der Waals surface area contributed by atoms with E-state index in [9.17, 15) is 18.0 Å². The van der Waals surface area contributed by atoms with Gasteiger partial charge in [-0.05, 0) is 36.8 Å². The summed E-state index contributed by atoms with van der Waals surface area (Å²) in [4.78, 5) is 24.2. The maximum atomic E-state index is 12.2. The lowest BCUT2D eigenvalue weighted by atomic mass is 10.2. The summed E-state index contributed by atoms with van der Waals surface area (Å²) in [6.07, 6.45) is 0.0721. The lowest BCUT2D eigenvalue weighted by molar-refractivity contribution is -0.116. The highest BCUT2D eigenvalue weighted by atomic mass is 32.2. The minimum atomic E-state index is -3.59. The third-order valence-corrected chi connectivity index (χ3v) is 5.75. The van der Waals surface area contributed by atoms with Crippen LogP contribution in [0.5, 0.6) is 0 Å². The zero-order valence-electron chi connectivity index (χ0n) is 15.5. The van der Waals surface area contributed by atoms with Gasteiger partial charge in [0.1, 0.15) is 0 Å². The third kappa shape index (κ3) is 5.38. The maximum absolute atomic E-state index is 12.2. The van der Waals surface area contributed by atoms with Gasteiger partial charge in [0.25, 0.3) is 5.91 Å². The molecule has 0 aliphatic heterocycles. The van der Waals surface area contributed by atoms with E-state index < -0.39 is 10.0 Å². The van der Waals surface area contributed by atoms with Crippen LogP contribution >= 0.6 is 0 Å². The highest BCUT2D eigenvalue weighted by Gasteiger charge is 2.18. The Hall–Kier alpha value is -2.71. The second-order valence-electron chi connectivity index (χ2n) is 6.18. The monoisotopic (exact) mass is 389 g/mol. The number of benzene rings is 2. The number of carbonyl (C=O) groups is 2. The van der Waals surface area contributed by atoms with Crippen LogP contribution in [0.15, 0.2) is 53.4 Å². The minimum Gasteiger partial charge on any atom is -0.352 e. The lowest BCUT2D eigenvalue weighted by Crippen LogP contribution is -2.27. The molecule has 0 bridgehead atoms. The molecule has 0 saturated heterocycles. The number of aryl methyl sites for hydroxylation is 1. The van der Waals surface area contributed by atoms with Crippen LogP contribution in [0.1, 0.15) is 22.3 Å². The van der Waals surface area contributed by atoms with Crippen molar-refractivity contribution < 1.29 is 18.0 Å². The minimum absolute atomic E-state index is 0.0721. The van der Waals surface area contributed by atoms with Gasteiger partial charge in [-0.25, -0.2) is 12.7 Å². The van der Waals surface area contributed by atoms with Crippen molar-refractivity contribution in [3.63, 3.8) is 0 Å². The molecule has 0 aromatic heterocycles. The van der Waals surface area contributed by atoms with E-state index in [4.69, 9.17) is 0 Å². The molecule has 2 aromatic carbocycles. The molecule has 2 rings (SSSR count). The van der Waals surface area contributed by atoms with Gasteiger partial charge in [-0.15, -0.1) is 0 Å². The highest BCUT2D eigenvalue weighted by Crippen LogP contribution is 2.22. The first kappa shape index (κ1) is 20.6. The number of anilines is 1. The first-order valence-electron chi connectivity index (χ1n) is 8.38. The Labute approximate surface area is 159 Å². The molecule has 0 aliphatic carbocycles. The quantitative estimate of drug-likeness (QED) is 0.757. The van der Waals surface area contributed by atoms with Crippen molar-refractivity contribution in [1.82, 2.24) is 9.62 Å². The molecule has 0 heterocycles. The van der Waals surface area contributed by atoms with Gasteiger partial charge in [0.15, 0.2) is 0 Å². The van der Waals surface area contributed by atoms with Crippen LogP contribution in [0.3, 0.4) is 0 Å². The molecule has 2 aromatic rings. The van der Waals surface area contributed by atoms with Crippen molar-refractivity contribution in [3.8, 4) is 0 Å². The van der Waals surface area contributed by atoms with Gasteiger partial charge in [0, 0.05) is 38.3 Å². The number of carbonyl (C=O) groups excluding carboxylic acids is 2. The first-order valence-corrected chi connectivity index (χ1v) is 9.82. The van der Waals surface area contributed by atoms with Crippen molar-refractivity contribution in [1.29, 1.82) is 0 Å². The number of sulfonamides is 1. The van der Waals surface area contributed by atoms with Crippen molar-refractivity contribution in [2.75, 3.05) is 26.0 Å². The topological polar surface area (TPSA) is 95.6 Å². The predicted octanol–water partition coefficient (Wildman–Crippen LogP) is 2.00. The Kier molecular flexibility index (Phi) is 6.70. The van der Waals surface area contributed by atoms with E-state index in [2.05, 4.69) is 10.6 Å². The molecule has 2 N–H and O–H groups in total. The largest absolute Gasteiger partial charge is 0.352 e. The van der Waals surface area contributed by atoms with Gasteiger partial charge in [-0.3, -0.25) is 9.59 Å². The number of rotatable bonds is 7. The molecule has 7 nitrogen and oxygen atoms in total. The van der Waals surface area contributed by atoms with Crippen LogP contribution in [-0.2, 0) is 14.8 Å². The molecule has 0 radical (unpaired) electrons. The molecule has 27 heavy (non-hydrogen) atoms. The fourth-order valence-electron chi connectivity index (χ4n) is 2.30. The zero-order chi connectivity index (χ0) is 20.0. The maximum Gasteiger partial charge on any atom is 0.251 e. The summed E-state index contributed by atoms with van der Waals surface area (Å²) in [6.45, 7) is 1.95. The van der Waals surface area contributed by atoms with Crippen LogP contribution in [0.2, 0.25) is 0 Å². The third-order valence-electron chi connectivity index (χ3n) is 3.94. The van der Waals surface area contributed by atoms with Gasteiger partial charge < -0.3 is 10.6 Å². The van der Waals surface area contributed by atoms with Crippen LogP contribution in [-0.4, -0.2) is 45.2 Å². The van der Waals surface area contributed by atoms with Gasteiger partial charge in [0.2, 0.25) is 15.9 Å². The van der Waals surface area contributed by atoms with Gasteiger partial charge in [-0.2, -0.15) is 0 Å². The normalized spacial score (nSPS) is 11.3. The van der Waals surface area contributed by atoms with Crippen LogP contribution in [0.25, 0.3) is 0 Å². The molecule has 144 valence electrons. The van der Waals surface area contributed by atoms with E-state index in [0.717, 1.165) is 9.87 Å². The first-order chi connectivity index (χ1) is 12.7. The van der Waals surface area contributed by atoms with E-state index in [1.165, 1.54) is 26.2 Å². The molecular weight excluding hydrogens is 366 g/mol. The van der Waals surface area contributed by atoms with Crippen molar-refractivity contribution in [2.45, 2.75) is 18.2 Å². The number of amides is 2. The smallest absolute Gasteiger partial charge is 0.251 e. The number of hydrogen-bond donors (Lipinski definition) is 2. The average Bonchev–Trinajstić information content (AvgIpc) is 2.63. The Morgan fingerprint density at radius 2 is 1.70 bits per heavy atom. The molecule has 0 fully saturated rings.